The van der Waals surface area contributed by atoms with Gasteiger partial charge < -0.3 is 50.3 Å². The van der Waals surface area contributed by atoms with Crippen LogP contribution in [0.3, 0.4) is 0 Å². The van der Waals surface area contributed by atoms with Crippen LogP contribution in [0, 0.1) is 52.1 Å². The topological polar surface area (TPSA) is 200 Å². The van der Waals surface area contributed by atoms with Crippen LogP contribution in [-0.4, -0.2) is 198 Å². The maximum Gasteiger partial charge on any atom is 0.573 e. The van der Waals surface area contributed by atoms with Crippen molar-refractivity contribution in [1.29, 1.82) is 10.5 Å². The molecular formula is C81H93Cl4F6N13O5. The Hall–Kier alpha value is -7.62. The third-order valence-corrected chi connectivity index (χ3v) is 24.9. The molecule has 8 aliphatic rings. The molecule has 10 atom stereocenters. The number of nitrogens with one attached hydrogen (secondary N) is 3. The minimum absolute atomic E-state index is 0.000453. The first-order valence-electron chi connectivity index (χ1n) is 37.6. The van der Waals surface area contributed by atoms with Gasteiger partial charge in [0.2, 0.25) is 0 Å². The van der Waals surface area contributed by atoms with Crippen LogP contribution in [0.4, 0.5) is 57.8 Å². The van der Waals surface area contributed by atoms with Gasteiger partial charge in [-0.3, -0.25) is 9.80 Å². The number of piperazine rings is 1. The van der Waals surface area contributed by atoms with Gasteiger partial charge in [-0.1, -0.05) is 82.8 Å². The number of benzene rings is 5. The second-order valence-electron chi connectivity index (χ2n) is 30.8. The number of hydrogen-bond acceptors (Lipinski definition) is 12. The number of nitriles is 2. The summed E-state index contributed by atoms with van der Waals surface area (Å²) >= 11 is 23.9. The van der Waals surface area contributed by atoms with Crippen LogP contribution in [0.5, 0.6) is 5.75 Å². The zero-order valence-corrected chi connectivity index (χ0v) is 64.4. The maximum atomic E-state index is 13.6. The van der Waals surface area contributed by atoms with E-state index in [-0.39, 0.29) is 96.6 Å². The molecule has 6 aliphatic carbocycles. The molecule has 14 rings (SSSR count). The van der Waals surface area contributed by atoms with Gasteiger partial charge in [-0.2, -0.15) is 10.5 Å². The molecule has 6 aromatic rings. The van der Waals surface area contributed by atoms with Crippen LogP contribution in [0.2, 0.25) is 20.4 Å². The monoisotopic (exact) mass is 1580 g/mol. The number of hydrogen-bond donors (Lipinski definition) is 4. The van der Waals surface area contributed by atoms with Gasteiger partial charge >= 0.3 is 24.5 Å². The lowest BCUT2D eigenvalue weighted by molar-refractivity contribution is -0.274. The van der Waals surface area contributed by atoms with Crippen LogP contribution >= 0.6 is 46.4 Å². The highest BCUT2D eigenvalue weighted by molar-refractivity contribution is 6.33. The number of likely N-dealkylation sites (tertiary alicyclic amines) is 1. The summed E-state index contributed by atoms with van der Waals surface area (Å²) in [5.74, 6) is -0.285. The molecule has 6 saturated carbocycles. The van der Waals surface area contributed by atoms with E-state index >= 15 is 0 Å². The molecule has 8 fully saturated rings. The number of amides is 6. The number of carbonyl (C=O) groups is 3. The van der Waals surface area contributed by atoms with Crippen LogP contribution in [0.25, 0.3) is 0 Å². The number of likely N-dealkylation sites (N-methyl/N-ethyl adjacent to an activating group) is 1. The Morgan fingerprint density at radius 1 is 0.615 bits per heavy atom. The molecule has 0 spiro atoms. The smallest absolute Gasteiger partial charge is 0.406 e. The molecule has 2 aliphatic heterocycles. The quantitative estimate of drug-likeness (QED) is 0.0350. The van der Waals surface area contributed by atoms with E-state index in [1.54, 1.807) is 24.3 Å². The minimum atomic E-state index is -4.73. The Bertz CT molecular complexity index is 4280. The molecule has 0 bridgehead atoms. The number of aliphatic hydroxyl groups is 1. The molecule has 1 aromatic heterocycles. The van der Waals surface area contributed by atoms with Crippen LogP contribution in [-0.2, 0) is 16.2 Å². The summed E-state index contributed by atoms with van der Waals surface area (Å²) < 4.78 is 82.1. The lowest BCUT2D eigenvalue weighted by Crippen LogP contribution is -2.49. The molecular weight excluding hydrogens is 1490 g/mol. The zero-order valence-electron chi connectivity index (χ0n) is 61.4. The van der Waals surface area contributed by atoms with E-state index < -0.39 is 24.7 Å². The number of anilines is 3. The molecule has 109 heavy (non-hydrogen) atoms. The van der Waals surface area contributed by atoms with Gasteiger partial charge in [0.25, 0.3) is 0 Å². The van der Waals surface area contributed by atoms with Gasteiger partial charge in [0.05, 0.1) is 39.4 Å². The normalized spacial score (nSPS) is 25.2. The predicted octanol–water partition coefficient (Wildman–Crippen LogP) is 16.6. The number of aromatic nitrogens is 1. The first-order chi connectivity index (χ1) is 52.2. The van der Waals surface area contributed by atoms with Gasteiger partial charge in [-0.15, -0.1) is 13.2 Å². The number of β-amino-alcohol motifs (C(OH)–C–C–N with tert-alkyl or cyclic N) is 1. The molecule has 582 valence electrons. The van der Waals surface area contributed by atoms with Gasteiger partial charge in [0.15, 0.2) is 0 Å². The van der Waals surface area contributed by atoms with Crippen molar-refractivity contribution < 1.29 is 50.6 Å². The number of alkyl halides is 4. The number of carbonyl (C=O) groups excluding carboxylic acids is 3. The average molecular weight is 1580 g/mol. The number of aliphatic hydroxyl groups excluding tert-OH is 1. The van der Waals surface area contributed by atoms with Crippen LogP contribution < -0.4 is 20.7 Å². The van der Waals surface area contributed by atoms with Gasteiger partial charge in [-0.05, 0) is 229 Å². The fourth-order valence-electron chi connectivity index (χ4n) is 17.9. The van der Waals surface area contributed by atoms with Crippen LogP contribution in [0.15, 0.2) is 121 Å². The standard InChI is InChI=1S/C28H33ClF4N4O2.C27H32Cl2FN5O.C26H28ClFN4O2/c1-35-13-15-36(16-14-35)11-2-12-37(26(38)34-20-5-8-24(30)23(29)17-20)25-9-10-27(18-22(25)27)19-3-6-21(7-4-19)39-28(31,32)33;1-18(2)34(9-8-30)10-11-35(26(36)32-22-14-24(28)33-25(29)15-22)23-6-7-27(16-21(27)13-23)20-5-3-4-19(12-20)17-31;27-22-13-19(4-5-23(22)28)30-25(34)32(11-10-31-9-7-20(33)16-31)24-6-8-26(14-21(24)26)18-3-1-2-17(12-18)15-29/h3-8,17,22,25H,2,9-16,18H2,1H3,(H,34,38);3-5,12,14-15,18,21,23H,6-11,13,16H2,1-2H3,(H,32,33,36);1-5,12-13,20-21,24,33H,6-11,14,16H2,(H,30,34)/t22-,25-,27-;21?,23-,27+;20-,21+,24+,26+/m111/s1. The fourth-order valence-corrected chi connectivity index (χ4v) is 18.7. The number of fused-ring (bicyclic) bond motifs is 3. The number of halogens is 10. The highest BCUT2D eigenvalue weighted by Crippen LogP contribution is 2.67. The first-order valence-corrected chi connectivity index (χ1v) is 39.2. The molecule has 18 nitrogen and oxygen atoms in total. The number of nitrogens with zero attached hydrogens (tertiary/aromatic N) is 10. The largest absolute Gasteiger partial charge is 0.573 e. The number of ether oxygens (including phenoxy) is 1. The van der Waals surface area contributed by atoms with Crippen molar-refractivity contribution in [3.8, 4) is 17.9 Å². The van der Waals surface area contributed by atoms with E-state index in [0.717, 1.165) is 122 Å². The summed E-state index contributed by atoms with van der Waals surface area (Å²) in [6, 6.07) is 37.5. The molecule has 3 heterocycles. The number of urea groups is 3. The Morgan fingerprint density at radius 3 is 1.67 bits per heavy atom. The second kappa shape index (κ2) is 35.0. The Morgan fingerprint density at radius 2 is 1.16 bits per heavy atom. The molecule has 1 unspecified atom stereocenters. The highest BCUT2D eigenvalue weighted by atomic mass is 35.5. The summed E-state index contributed by atoms with van der Waals surface area (Å²) in [5, 5.41) is 37.6. The Labute approximate surface area is 653 Å². The summed E-state index contributed by atoms with van der Waals surface area (Å²) in [6.07, 6.45) is 5.74. The van der Waals surface area contributed by atoms with E-state index in [1.165, 1.54) is 59.7 Å². The van der Waals surface area contributed by atoms with Gasteiger partial charge in [0, 0.05) is 131 Å². The fraction of sp³-hybridized carbons (Fsp3) is 0.506. The molecule has 5 aromatic carbocycles. The van der Waals surface area contributed by atoms with Crippen LogP contribution in [0.1, 0.15) is 119 Å². The second-order valence-corrected chi connectivity index (χ2v) is 32.4. The van der Waals surface area contributed by atoms with Crippen molar-refractivity contribution >= 4 is 81.6 Å². The van der Waals surface area contributed by atoms with Crippen molar-refractivity contribution in [2.24, 2.45) is 17.8 Å². The maximum absolute atomic E-state index is 13.6. The van der Waals surface area contributed by atoms with E-state index in [1.807, 2.05) is 64.9 Å². The third-order valence-electron chi connectivity index (χ3n) is 24.0. The van der Waals surface area contributed by atoms with E-state index in [0.29, 0.717) is 85.8 Å². The Kier molecular flexibility index (Phi) is 25.9. The summed E-state index contributed by atoms with van der Waals surface area (Å²) in [6.45, 7) is 13.3. The molecule has 6 amide bonds. The van der Waals surface area contributed by atoms with E-state index in [9.17, 15) is 56.4 Å². The third kappa shape index (κ3) is 19.6. The van der Waals surface area contributed by atoms with Crippen molar-refractivity contribution in [3.05, 3.63) is 181 Å². The number of rotatable bonds is 23. The van der Waals surface area contributed by atoms with Crippen molar-refractivity contribution in [2.45, 2.75) is 144 Å². The van der Waals surface area contributed by atoms with Crippen molar-refractivity contribution in [3.63, 3.8) is 0 Å². The molecule has 0 radical (unpaired) electrons. The highest BCUT2D eigenvalue weighted by Gasteiger charge is 2.65. The summed E-state index contributed by atoms with van der Waals surface area (Å²) in [4.78, 5) is 59.1. The molecule has 2 saturated heterocycles. The van der Waals surface area contributed by atoms with Crippen molar-refractivity contribution in [2.75, 3.05) is 115 Å². The lowest BCUT2D eigenvalue weighted by Gasteiger charge is -2.38. The Balaban J connectivity index is 0.000000153. The average Bonchev–Trinajstić information content (AvgIpc) is 1.54. The predicted molar refractivity (Wildman–Crippen MR) is 411 cm³/mol. The molecule has 28 heteroatoms. The number of pyridine rings is 1. The van der Waals surface area contributed by atoms with E-state index in [4.69, 9.17) is 46.4 Å². The SMILES string of the molecule is CC(C)N(CCF)CCN(C(=O)Nc1cc(Cl)nc(Cl)c1)[C@@H]1CC[C@@]2(c3cccc(C#N)c3)CC2C1.CN1CCN(CCCN(C(=O)Nc2ccc(F)c(Cl)c2)[C@@H]2CC[C@]3(c4ccc(OC(F)(F)F)cc4)C[C@H]23)CC1.N#Cc1cccc([C@@]23CC[C@H](N(CCN4CC[C@@H](O)C4)C(=O)Nc4ccc(F)c(Cl)c4)[C@@H]2C3)c1. The summed E-state index contributed by atoms with van der Waals surface area (Å²) in [7, 11) is 2.12. The van der Waals surface area contributed by atoms with Crippen molar-refractivity contribution in [1.82, 2.24) is 39.3 Å². The lowest BCUT2D eigenvalue weighted by atomic mass is 9.80. The molecule has 4 N–H and O–H groups in total. The van der Waals surface area contributed by atoms with Gasteiger partial charge in [-0.25, -0.2) is 32.5 Å². The van der Waals surface area contributed by atoms with Gasteiger partial charge in [0.1, 0.15) is 34.4 Å². The zero-order chi connectivity index (χ0) is 77.5. The minimum Gasteiger partial charge on any atom is -0.406 e. The first kappa shape index (κ1) is 80.9. The van der Waals surface area contributed by atoms with E-state index in [2.05, 4.69) is 76.6 Å². The summed E-state index contributed by atoms with van der Waals surface area (Å²) in [5.41, 5.74) is 6.12.